The lowest BCUT2D eigenvalue weighted by atomic mass is 9.87. The molecule has 1 aromatic carbocycles. The molecule has 0 unspecified atom stereocenters. The van der Waals surface area contributed by atoms with Gasteiger partial charge in [-0.2, -0.15) is 0 Å². The number of hydrogen-bond acceptors (Lipinski definition) is 3. The van der Waals surface area contributed by atoms with Crippen LogP contribution in [0, 0.1) is 11.8 Å². The van der Waals surface area contributed by atoms with E-state index in [0.717, 1.165) is 50.0 Å². The van der Waals surface area contributed by atoms with Gasteiger partial charge in [0.25, 0.3) is 0 Å². The molecule has 1 aliphatic heterocycles. The quantitative estimate of drug-likeness (QED) is 0.814. The Morgan fingerprint density at radius 1 is 1.00 bits per heavy atom. The Balaban J connectivity index is 1.37. The molecule has 0 radical (unpaired) electrons. The Labute approximate surface area is 169 Å². The molecule has 1 saturated carbocycles. The molecule has 5 heteroatoms. The van der Waals surface area contributed by atoms with Crippen LogP contribution < -0.4 is 10.2 Å². The van der Waals surface area contributed by atoms with E-state index in [-0.39, 0.29) is 11.8 Å². The lowest BCUT2D eigenvalue weighted by Crippen LogP contribution is -2.43. The number of rotatable bonds is 6. The predicted molar refractivity (Wildman–Crippen MR) is 113 cm³/mol. The van der Waals surface area contributed by atoms with Crippen LogP contribution in [-0.2, 0) is 16.1 Å². The van der Waals surface area contributed by atoms with Gasteiger partial charge in [0.05, 0.1) is 0 Å². The van der Waals surface area contributed by atoms with Gasteiger partial charge < -0.3 is 15.1 Å². The lowest BCUT2D eigenvalue weighted by Gasteiger charge is -2.35. The van der Waals surface area contributed by atoms with Crippen molar-refractivity contribution in [1.82, 2.24) is 10.2 Å². The molecule has 1 N–H and O–H groups in total. The van der Waals surface area contributed by atoms with E-state index in [1.54, 1.807) is 0 Å². The van der Waals surface area contributed by atoms with Crippen molar-refractivity contribution < 1.29 is 9.59 Å². The molecule has 154 valence electrons. The maximum Gasteiger partial charge on any atom is 0.225 e. The van der Waals surface area contributed by atoms with Crippen LogP contribution in [0.4, 0.5) is 5.69 Å². The van der Waals surface area contributed by atoms with E-state index in [2.05, 4.69) is 39.4 Å². The number of nitrogens with zero attached hydrogens (tertiary/aromatic N) is 2. The zero-order valence-electron chi connectivity index (χ0n) is 17.5. The Morgan fingerprint density at radius 3 is 2.25 bits per heavy atom. The second-order valence-corrected chi connectivity index (χ2v) is 8.65. The van der Waals surface area contributed by atoms with Gasteiger partial charge in [-0.25, -0.2) is 0 Å². The van der Waals surface area contributed by atoms with Crippen molar-refractivity contribution in [2.45, 2.75) is 57.9 Å². The first-order chi connectivity index (χ1) is 13.5. The highest BCUT2D eigenvalue weighted by atomic mass is 16.2. The number of likely N-dealkylation sites (tertiary alicyclic amines) is 1. The largest absolute Gasteiger partial charge is 0.378 e. The number of hydrogen-bond donors (Lipinski definition) is 1. The number of nitrogens with one attached hydrogen (secondary N) is 1. The molecule has 1 aromatic rings. The minimum absolute atomic E-state index is 0.119. The Morgan fingerprint density at radius 2 is 1.64 bits per heavy atom. The normalized spacial score (nSPS) is 18.7. The van der Waals surface area contributed by atoms with E-state index in [0.29, 0.717) is 24.8 Å². The monoisotopic (exact) mass is 385 g/mol. The second kappa shape index (κ2) is 9.94. The lowest BCUT2D eigenvalue weighted by molar-refractivity contribution is -0.138. The van der Waals surface area contributed by atoms with Crippen molar-refractivity contribution in [3.8, 4) is 0 Å². The summed E-state index contributed by atoms with van der Waals surface area (Å²) >= 11 is 0. The first-order valence-electron chi connectivity index (χ1n) is 10.8. The molecule has 0 atom stereocenters. The molecule has 0 bridgehead atoms. The molecule has 1 heterocycles. The summed E-state index contributed by atoms with van der Waals surface area (Å²) in [6.07, 6.45) is 8.28. The van der Waals surface area contributed by atoms with Crippen molar-refractivity contribution in [3.63, 3.8) is 0 Å². The zero-order chi connectivity index (χ0) is 19.9. The smallest absolute Gasteiger partial charge is 0.225 e. The van der Waals surface area contributed by atoms with Crippen LogP contribution in [0.25, 0.3) is 0 Å². The topological polar surface area (TPSA) is 52.7 Å². The molecule has 28 heavy (non-hydrogen) atoms. The number of carbonyl (C=O) groups excluding carboxylic acids is 2. The Bertz CT molecular complexity index is 642. The maximum absolute atomic E-state index is 12.7. The van der Waals surface area contributed by atoms with E-state index in [4.69, 9.17) is 0 Å². The van der Waals surface area contributed by atoms with Gasteiger partial charge in [-0.15, -0.1) is 0 Å². The number of benzene rings is 1. The summed E-state index contributed by atoms with van der Waals surface area (Å²) in [5.41, 5.74) is 2.27. The van der Waals surface area contributed by atoms with Gasteiger partial charge in [0, 0.05) is 51.8 Å². The molecule has 2 fully saturated rings. The third-order valence-electron chi connectivity index (χ3n) is 6.30. The van der Waals surface area contributed by atoms with E-state index in [1.807, 2.05) is 14.1 Å². The molecule has 5 nitrogen and oxygen atoms in total. The van der Waals surface area contributed by atoms with E-state index in [9.17, 15) is 9.59 Å². The van der Waals surface area contributed by atoms with Gasteiger partial charge in [0.2, 0.25) is 11.8 Å². The van der Waals surface area contributed by atoms with Gasteiger partial charge in [-0.3, -0.25) is 9.59 Å². The van der Waals surface area contributed by atoms with Crippen molar-refractivity contribution in [2.75, 3.05) is 32.1 Å². The van der Waals surface area contributed by atoms with Gasteiger partial charge >= 0.3 is 0 Å². The van der Waals surface area contributed by atoms with E-state index in [1.165, 1.54) is 19.3 Å². The minimum atomic E-state index is 0.119. The molecule has 1 saturated heterocycles. The van der Waals surface area contributed by atoms with Crippen molar-refractivity contribution >= 4 is 17.5 Å². The second-order valence-electron chi connectivity index (χ2n) is 8.65. The van der Waals surface area contributed by atoms with Gasteiger partial charge in [-0.1, -0.05) is 31.4 Å². The predicted octanol–water partition coefficient (Wildman–Crippen LogP) is 3.58. The highest BCUT2D eigenvalue weighted by Crippen LogP contribution is 2.28. The standard InChI is InChI=1S/C23H35N3O2/c1-25(2)21-10-8-19(9-11-21)17-24-22(27)16-18-12-14-26(15-13-18)23(28)20-6-4-3-5-7-20/h8-11,18,20H,3-7,12-17H2,1-2H3,(H,24,27). The Hall–Kier alpha value is -2.04. The van der Waals surface area contributed by atoms with Crippen LogP contribution in [-0.4, -0.2) is 43.9 Å². The SMILES string of the molecule is CN(C)c1ccc(CNC(=O)CC2CCN(C(=O)C3CCCCC3)CC2)cc1. The summed E-state index contributed by atoms with van der Waals surface area (Å²) in [6, 6.07) is 8.26. The van der Waals surface area contributed by atoms with Gasteiger partial charge in [0.1, 0.15) is 0 Å². The van der Waals surface area contributed by atoms with Crippen molar-refractivity contribution in [2.24, 2.45) is 11.8 Å². The molecule has 1 aliphatic carbocycles. The summed E-state index contributed by atoms with van der Waals surface area (Å²) in [5.74, 6) is 1.14. The first-order valence-corrected chi connectivity index (χ1v) is 10.8. The van der Waals surface area contributed by atoms with Crippen LogP contribution in [0.1, 0.15) is 56.9 Å². The number of anilines is 1. The fourth-order valence-corrected chi connectivity index (χ4v) is 4.41. The van der Waals surface area contributed by atoms with Crippen LogP contribution in [0.15, 0.2) is 24.3 Å². The third-order valence-corrected chi connectivity index (χ3v) is 6.30. The Kier molecular flexibility index (Phi) is 7.35. The molecule has 0 aromatic heterocycles. The van der Waals surface area contributed by atoms with Crippen molar-refractivity contribution in [1.29, 1.82) is 0 Å². The van der Waals surface area contributed by atoms with Crippen LogP contribution >= 0.6 is 0 Å². The summed E-state index contributed by atoms with van der Waals surface area (Å²) in [4.78, 5) is 29.1. The summed E-state index contributed by atoms with van der Waals surface area (Å²) in [5, 5.41) is 3.05. The molecule has 3 rings (SSSR count). The van der Waals surface area contributed by atoms with Gasteiger partial charge in [0.15, 0.2) is 0 Å². The fraction of sp³-hybridized carbons (Fsp3) is 0.652. The molecule has 2 aliphatic rings. The van der Waals surface area contributed by atoms with E-state index >= 15 is 0 Å². The third kappa shape index (κ3) is 5.73. The minimum Gasteiger partial charge on any atom is -0.378 e. The summed E-state index contributed by atoms with van der Waals surface area (Å²) < 4.78 is 0. The summed E-state index contributed by atoms with van der Waals surface area (Å²) in [7, 11) is 4.04. The van der Waals surface area contributed by atoms with Crippen LogP contribution in [0.5, 0.6) is 0 Å². The zero-order valence-corrected chi connectivity index (χ0v) is 17.5. The fourth-order valence-electron chi connectivity index (χ4n) is 4.41. The number of amides is 2. The molecular weight excluding hydrogens is 350 g/mol. The highest BCUT2D eigenvalue weighted by molar-refractivity contribution is 5.79. The average molecular weight is 386 g/mol. The van der Waals surface area contributed by atoms with Crippen molar-refractivity contribution in [3.05, 3.63) is 29.8 Å². The molecular formula is C23H35N3O2. The van der Waals surface area contributed by atoms with E-state index < -0.39 is 0 Å². The first kappa shape index (κ1) is 20.7. The van der Waals surface area contributed by atoms with Crippen LogP contribution in [0.3, 0.4) is 0 Å². The molecule has 0 spiro atoms. The average Bonchev–Trinajstić information content (AvgIpc) is 2.73. The van der Waals surface area contributed by atoms with Gasteiger partial charge in [-0.05, 0) is 49.3 Å². The molecule has 2 amide bonds. The highest BCUT2D eigenvalue weighted by Gasteiger charge is 2.29. The summed E-state index contributed by atoms with van der Waals surface area (Å²) in [6.45, 7) is 2.21. The van der Waals surface area contributed by atoms with Crippen LogP contribution in [0.2, 0.25) is 0 Å². The number of carbonyl (C=O) groups is 2. The number of piperidine rings is 1. The maximum atomic E-state index is 12.7.